The number of amides is 1. The second kappa shape index (κ2) is 7.30. The van der Waals surface area contributed by atoms with Crippen molar-refractivity contribution in [3.05, 3.63) is 34.1 Å². The van der Waals surface area contributed by atoms with Gasteiger partial charge in [-0.1, -0.05) is 13.8 Å². The number of aromatic nitrogens is 1. The molecule has 0 fully saturated rings. The van der Waals surface area contributed by atoms with E-state index >= 15 is 0 Å². The summed E-state index contributed by atoms with van der Waals surface area (Å²) in [4.78, 5) is 36.8. The molecule has 8 nitrogen and oxygen atoms in total. The van der Waals surface area contributed by atoms with Gasteiger partial charge in [-0.25, -0.2) is 0 Å². The van der Waals surface area contributed by atoms with Gasteiger partial charge in [0.15, 0.2) is 11.5 Å². The number of nitrogens with zero attached hydrogens (tertiary/aromatic N) is 1. The zero-order valence-electron chi connectivity index (χ0n) is 15.4. The van der Waals surface area contributed by atoms with Crippen molar-refractivity contribution in [3.63, 3.8) is 0 Å². The molecule has 1 atom stereocenters. The van der Waals surface area contributed by atoms with E-state index in [4.69, 9.17) is 9.47 Å². The monoisotopic (exact) mass is 373 g/mol. The standard InChI is InChI=1S/C19H22N2O6/c1-4-21-8-12(18(23)20-13(19(24)25)5-10(2)3)17(22)11-6-15-16(7-14(11)21)27-9-26-15/h6-8,10,13H,4-5,9H2,1-3H3,(H,20,23)(H,24,25)/p-1/t13-/m0/s1. The van der Waals surface area contributed by atoms with Gasteiger partial charge in [0.25, 0.3) is 5.91 Å². The number of carbonyl (C=O) groups excluding carboxylic acids is 2. The van der Waals surface area contributed by atoms with Gasteiger partial charge in [0.2, 0.25) is 12.2 Å². The largest absolute Gasteiger partial charge is 0.548 e. The van der Waals surface area contributed by atoms with Crippen molar-refractivity contribution in [1.29, 1.82) is 0 Å². The van der Waals surface area contributed by atoms with Crippen molar-refractivity contribution in [2.75, 3.05) is 6.79 Å². The molecule has 27 heavy (non-hydrogen) atoms. The molecule has 0 bridgehead atoms. The number of carboxylic acids is 1. The Bertz CT molecular complexity index is 963. The van der Waals surface area contributed by atoms with E-state index in [2.05, 4.69) is 5.32 Å². The van der Waals surface area contributed by atoms with E-state index in [9.17, 15) is 19.5 Å². The minimum atomic E-state index is -1.38. The number of carbonyl (C=O) groups is 2. The Hall–Kier alpha value is -3.03. The number of pyridine rings is 1. The number of benzene rings is 1. The maximum Gasteiger partial charge on any atom is 0.257 e. The van der Waals surface area contributed by atoms with E-state index in [1.54, 1.807) is 16.7 Å². The molecule has 1 aromatic heterocycles. The van der Waals surface area contributed by atoms with Crippen LogP contribution in [0.1, 0.15) is 37.6 Å². The molecule has 0 saturated carbocycles. The lowest BCUT2D eigenvalue weighted by atomic mass is 10.0. The molecule has 1 aromatic carbocycles. The number of aryl methyl sites for hydroxylation is 1. The van der Waals surface area contributed by atoms with Crippen LogP contribution in [0.5, 0.6) is 11.5 Å². The summed E-state index contributed by atoms with van der Waals surface area (Å²) < 4.78 is 12.4. The zero-order chi connectivity index (χ0) is 19.7. The van der Waals surface area contributed by atoms with E-state index < -0.39 is 23.3 Å². The van der Waals surface area contributed by atoms with Gasteiger partial charge in [-0.3, -0.25) is 9.59 Å². The summed E-state index contributed by atoms with van der Waals surface area (Å²) in [7, 11) is 0. The summed E-state index contributed by atoms with van der Waals surface area (Å²) >= 11 is 0. The first kappa shape index (κ1) is 18.8. The average Bonchev–Trinajstić information content (AvgIpc) is 3.07. The Morgan fingerprint density at radius 1 is 1.26 bits per heavy atom. The molecule has 0 aliphatic carbocycles. The van der Waals surface area contributed by atoms with Crippen molar-refractivity contribution in [2.45, 2.75) is 39.8 Å². The van der Waals surface area contributed by atoms with Gasteiger partial charge in [0.05, 0.1) is 22.9 Å². The SMILES string of the molecule is CCn1cc(C(=O)N[C@@H](CC(C)C)C(=O)[O-])c(=O)c2cc3c(cc21)OCO3. The molecular weight excluding hydrogens is 352 g/mol. The number of hydrogen-bond acceptors (Lipinski definition) is 6. The third-order valence-corrected chi connectivity index (χ3v) is 4.46. The highest BCUT2D eigenvalue weighted by Crippen LogP contribution is 2.35. The third-order valence-electron chi connectivity index (χ3n) is 4.46. The Morgan fingerprint density at radius 3 is 2.52 bits per heavy atom. The lowest BCUT2D eigenvalue weighted by Gasteiger charge is -2.21. The highest BCUT2D eigenvalue weighted by Gasteiger charge is 2.22. The van der Waals surface area contributed by atoms with Gasteiger partial charge in [-0.2, -0.15) is 0 Å². The zero-order valence-corrected chi connectivity index (χ0v) is 15.4. The number of hydrogen-bond donors (Lipinski definition) is 1. The topological polar surface area (TPSA) is 110 Å². The first-order chi connectivity index (χ1) is 12.8. The number of ether oxygens (including phenoxy) is 2. The average molecular weight is 373 g/mol. The lowest BCUT2D eigenvalue weighted by molar-refractivity contribution is -0.308. The van der Waals surface area contributed by atoms with Crippen LogP contribution in [0.25, 0.3) is 10.9 Å². The van der Waals surface area contributed by atoms with Crippen molar-refractivity contribution in [2.24, 2.45) is 5.92 Å². The predicted molar refractivity (Wildman–Crippen MR) is 95.7 cm³/mol. The number of aliphatic carboxylic acids is 1. The normalized spacial score (nSPS) is 13.8. The Morgan fingerprint density at radius 2 is 1.93 bits per heavy atom. The van der Waals surface area contributed by atoms with Crippen molar-refractivity contribution in [3.8, 4) is 11.5 Å². The second-order valence-corrected chi connectivity index (χ2v) is 6.86. The Labute approximate surface area is 155 Å². The van der Waals surface area contributed by atoms with Crippen LogP contribution in [0.2, 0.25) is 0 Å². The molecule has 0 spiro atoms. The predicted octanol–water partition coefficient (Wildman–Crippen LogP) is 0.644. The van der Waals surface area contributed by atoms with Gasteiger partial charge in [0, 0.05) is 18.8 Å². The van der Waals surface area contributed by atoms with Crippen LogP contribution in [0.4, 0.5) is 0 Å². The van der Waals surface area contributed by atoms with Gasteiger partial charge in [0.1, 0.15) is 5.56 Å². The molecule has 3 rings (SSSR count). The lowest BCUT2D eigenvalue weighted by Crippen LogP contribution is -2.49. The highest BCUT2D eigenvalue weighted by atomic mass is 16.7. The van der Waals surface area contributed by atoms with Crippen LogP contribution >= 0.6 is 0 Å². The van der Waals surface area contributed by atoms with Gasteiger partial charge in [-0.15, -0.1) is 0 Å². The summed E-state index contributed by atoms with van der Waals surface area (Å²) in [6, 6.07) is 2.08. The fourth-order valence-electron chi connectivity index (χ4n) is 3.12. The molecular formula is C19H21N2O6-. The fraction of sp³-hybridized carbons (Fsp3) is 0.421. The molecule has 0 saturated heterocycles. The molecule has 0 unspecified atom stereocenters. The Balaban J connectivity index is 2.05. The molecule has 1 aliphatic rings. The fourth-order valence-corrected chi connectivity index (χ4v) is 3.12. The highest BCUT2D eigenvalue weighted by molar-refractivity contribution is 5.99. The van der Waals surface area contributed by atoms with Crippen LogP contribution in [0, 0.1) is 5.92 Å². The quantitative estimate of drug-likeness (QED) is 0.796. The molecule has 2 aromatic rings. The number of nitrogens with one attached hydrogen (secondary N) is 1. The molecule has 144 valence electrons. The molecule has 1 N–H and O–H groups in total. The minimum absolute atomic E-state index is 0.0387. The van der Waals surface area contributed by atoms with E-state index in [0.29, 0.717) is 28.9 Å². The summed E-state index contributed by atoms with van der Waals surface area (Å²) in [5.41, 5.74) is -0.00713. The number of rotatable bonds is 6. The molecule has 1 aliphatic heterocycles. The molecule has 1 amide bonds. The second-order valence-electron chi connectivity index (χ2n) is 6.86. The molecule has 0 radical (unpaired) electrons. The summed E-state index contributed by atoms with van der Waals surface area (Å²) in [6.45, 7) is 6.13. The van der Waals surface area contributed by atoms with Crippen LogP contribution in [-0.2, 0) is 11.3 Å². The molecule has 8 heteroatoms. The van der Waals surface area contributed by atoms with Crippen LogP contribution in [0.15, 0.2) is 23.1 Å². The van der Waals surface area contributed by atoms with E-state index in [-0.39, 0.29) is 24.7 Å². The Kier molecular flexibility index (Phi) is 5.07. The first-order valence-electron chi connectivity index (χ1n) is 8.80. The van der Waals surface area contributed by atoms with E-state index in [0.717, 1.165) is 0 Å². The smallest absolute Gasteiger partial charge is 0.257 e. The van der Waals surface area contributed by atoms with Crippen molar-refractivity contribution >= 4 is 22.8 Å². The van der Waals surface area contributed by atoms with E-state index in [1.165, 1.54) is 6.20 Å². The summed E-state index contributed by atoms with van der Waals surface area (Å²) in [5, 5.41) is 14.0. The van der Waals surface area contributed by atoms with Gasteiger partial charge >= 0.3 is 0 Å². The van der Waals surface area contributed by atoms with Crippen molar-refractivity contribution < 1.29 is 24.2 Å². The number of fused-ring (bicyclic) bond motifs is 2. The van der Waals surface area contributed by atoms with Gasteiger partial charge in [-0.05, 0) is 25.3 Å². The maximum atomic E-state index is 12.9. The molecule has 2 heterocycles. The third kappa shape index (κ3) is 3.60. The van der Waals surface area contributed by atoms with Crippen molar-refractivity contribution in [1.82, 2.24) is 9.88 Å². The summed E-state index contributed by atoms with van der Waals surface area (Å²) in [5.74, 6) is -1.10. The van der Waals surface area contributed by atoms with Crippen LogP contribution < -0.4 is 25.3 Å². The summed E-state index contributed by atoms with van der Waals surface area (Å²) in [6.07, 6.45) is 1.65. The van der Waals surface area contributed by atoms with E-state index in [1.807, 2.05) is 20.8 Å². The maximum absolute atomic E-state index is 12.9. The van der Waals surface area contributed by atoms with Gasteiger partial charge < -0.3 is 29.3 Å². The first-order valence-corrected chi connectivity index (χ1v) is 8.80. The van der Waals surface area contributed by atoms with Crippen LogP contribution in [0.3, 0.4) is 0 Å². The number of carboxylic acid groups (broad SMARTS) is 1. The van der Waals surface area contributed by atoms with Crippen LogP contribution in [-0.4, -0.2) is 29.3 Å². The minimum Gasteiger partial charge on any atom is -0.548 e.